The normalized spacial score (nSPS) is 20.4. The van der Waals surface area contributed by atoms with Crippen molar-refractivity contribution in [1.29, 1.82) is 0 Å². The number of hydrogen-bond donors (Lipinski definition) is 1. The molecule has 2 atom stereocenters. The first-order chi connectivity index (χ1) is 12.2. The molecule has 2 aromatic rings. The smallest absolute Gasteiger partial charge is 0.225 e. The minimum absolute atomic E-state index is 0.00313. The van der Waals surface area contributed by atoms with Crippen LogP contribution in [0.2, 0.25) is 0 Å². The van der Waals surface area contributed by atoms with E-state index in [2.05, 4.69) is 10.3 Å². The Balaban J connectivity index is 1.79. The van der Waals surface area contributed by atoms with Gasteiger partial charge in [-0.15, -0.1) is 0 Å². The molecule has 0 aliphatic carbocycles. The lowest BCUT2D eigenvalue weighted by Crippen LogP contribution is -2.47. The first kappa shape index (κ1) is 17.1. The van der Waals surface area contributed by atoms with Crippen molar-refractivity contribution in [2.75, 3.05) is 6.54 Å². The van der Waals surface area contributed by atoms with Gasteiger partial charge in [0.1, 0.15) is 0 Å². The Kier molecular flexibility index (Phi) is 5.43. The van der Waals surface area contributed by atoms with Crippen LogP contribution in [0.25, 0.3) is 0 Å². The molecule has 1 aromatic heterocycles. The standard InChI is InChI=1S/C20H23N3O2/c1-2-23-18(24)9-8-17(19(23)16-6-4-3-5-7-16)20(25)22-14-15-10-12-21-13-11-15/h3-7,10-13,17,19H,2,8-9,14H2,1H3,(H,22,25)/t17-,19+/m1/s1. The van der Waals surface area contributed by atoms with Crippen molar-refractivity contribution in [3.8, 4) is 0 Å². The zero-order valence-corrected chi connectivity index (χ0v) is 14.4. The number of benzene rings is 1. The third-order valence-corrected chi connectivity index (χ3v) is 4.74. The van der Waals surface area contributed by atoms with Crippen molar-refractivity contribution in [1.82, 2.24) is 15.2 Å². The van der Waals surface area contributed by atoms with Crippen LogP contribution >= 0.6 is 0 Å². The predicted molar refractivity (Wildman–Crippen MR) is 95.4 cm³/mol. The average Bonchev–Trinajstić information content (AvgIpc) is 2.67. The number of carbonyl (C=O) groups is 2. The molecule has 2 amide bonds. The Labute approximate surface area is 148 Å². The van der Waals surface area contributed by atoms with Crippen molar-refractivity contribution in [2.24, 2.45) is 5.92 Å². The third kappa shape index (κ3) is 3.87. The summed E-state index contributed by atoms with van der Waals surface area (Å²) in [5, 5.41) is 3.02. The van der Waals surface area contributed by atoms with E-state index in [0.717, 1.165) is 11.1 Å². The highest BCUT2D eigenvalue weighted by molar-refractivity contribution is 5.85. The van der Waals surface area contributed by atoms with Gasteiger partial charge in [0.25, 0.3) is 0 Å². The van der Waals surface area contributed by atoms with Crippen molar-refractivity contribution in [2.45, 2.75) is 32.4 Å². The second kappa shape index (κ2) is 7.92. The Bertz CT molecular complexity index is 718. The zero-order valence-electron chi connectivity index (χ0n) is 14.4. The number of nitrogens with one attached hydrogen (secondary N) is 1. The van der Waals surface area contributed by atoms with Gasteiger partial charge in [0.05, 0.1) is 12.0 Å². The Morgan fingerprint density at radius 3 is 2.60 bits per heavy atom. The Morgan fingerprint density at radius 2 is 1.92 bits per heavy atom. The van der Waals surface area contributed by atoms with Crippen molar-refractivity contribution >= 4 is 11.8 Å². The SMILES string of the molecule is CCN1C(=O)CC[C@@H](C(=O)NCc2ccncc2)[C@@H]1c1ccccc1. The van der Waals surface area contributed by atoms with E-state index in [1.165, 1.54) is 0 Å². The molecule has 25 heavy (non-hydrogen) atoms. The molecule has 1 saturated heterocycles. The van der Waals surface area contributed by atoms with Gasteiger partial charge in [-0.3, -0.25) is 14.6 Å². The van der Waals surface area contributed by atoms with Gasteiger partial charge in [-0.1, -0.05) is 30.3 Å². The van der Waals surface area contributed by atoms with E-state index in [4.69, 9.17) is 0 Å². The summed E-state index contributed by atoms with van der Waals surface area (Å²) in [6.07, 6.45) is 4.43. The van der Waals surface area contributed by atoms with Gasteiger partial charge in [-0.25, -0.2) is 0 Å². The quantitative estimate of drug-likeness (QED) is 0.912. The number of piperidine rings is 1. The lowest BCUT2D eigenvalue weighted by molar-refractivity contribution is -0.143. The number of nitrogens with zero attached hydrogens (tertiary/aromatic N) is 2. The molecule has 130 valence electrons. The number of pyridine rings is 1. The fourth-order valence-corrected chi connectivity index (χ4v) is 3.48. The summed E-state index contributed by atoms with van der Waals surface area (Å²) in [6.45, 7) is 3.04. The maximum absolute atomic E-state index is 12.9. The summed E-state index contributed by atoms with van der Waals surface area (Å²) >= 11 is 0. The summed E-state index contributed by atoms with van der Waals surface area (Å²) in [6, 6.07) is 13.4. The van der Waals surface area contributed by atoms with Crippen LogP contribution in [0, 0.1) is 5.92 Å². The third-order valence-electron chi connectivity index (χ3n) is 4.74. The number of hydrogen-bond acceptors (Lipinski definition) is 3. The predicted octanol–water partition coefficient (Wildman–Crippen LogP) is 2.70. The van der Waals surface area contributed by atoms with E-state index in [0.29, 0.717) is 25.9 Å². The van der Waals surface area contributed by atoms with Crippen molar-refractivity contribution in [3.05, 3.63) is 66.0 Å². The van der Waals surface area contributed by atoms with E-state index in [-0.39, 0.29) is 23.8 Å². The maximum Gasteiger partial charge on any atom is 0.225 e. The van der Waals surface area contributed by atoms with E-state index in [1.807, 2.05) is 54.3 Å². The fourth-order valence-electron chi connectivity index (χ4n) is 3.48. The summed E-state index contributed by atoms with van der Waals surface area (Å²) in [4.78, 5) is 31.0. The van der Waals surface area contributed by atoms with Gasteiger partial charge < -0.3 is 10.2 Å². The molecule has 1 aliphatic rings. The Morgan fingerprint density at radius 1 is 1.20 bits per heavy atom. The monoisotopic (exact) mass is 337 g/mol. The maximum atomic E-state index is 12.9. The lowest BCUT2D eigenvalue weighted by atomic mass is 9.83. The molecule has 0 radical (unpaired) electrons. The molecular formula is C20H23N3O2. The van der Waals surface area contributed by atoms with Crippen molar-refractivity contribution in [3.63, 3.8) is 0 Å². The molecule has 1 aromatic carbocycles. The Hall–Kier alpha value is -2.69. The second-order valence-electron chi connectivity index (χ2n) is 6.25. The molecule has 2 heterocycles. The number of likely N-dealkylation sites (tertiary alicyclic amines) is 1. The van der Waals surface area contributed by atoms with Crippen LogP contribution in [0.5, 0.6) is 0 Å². The second-order valence-corrected chi connectivity index (χ2v) is 6.25. The van der Waals surface area contributed by atoms with Crippen LogP contribution in [0.15, 0.2) is 54.9 Å². The molecule has 1 aliphatic heterocycles. The minimum atomic E-state index is -0.234. The van der Waals surface area contributed by atoms with E-state index < -0.39 is 0 Å². The van der Waals surface area contributed by atoms with Gasteiger partial charge >= 0.3 is 0 Å². The molecule has 5 nitrogen and oxygen atoms in total. The van der Waals surface area contributed by atoms with E-state index in [1.54, 1.807) is 12.4 Å². The first-order valence-electron chi connectivity index (χ1n) is 8.71. The first-order valence-corrected chi connectivity index (χ1v) is 8.71. The number of aromatic nitrogens is 1. The molecule has 0 unspecified atom stereocenters. The highest BCUT2D eigenvalue weighted by Crippen LogP contribution is 2.36. The molecule has 1 N–H and O–H groups in total. The minimum Gasteiger partial charge on any atom is -0.352 e. The van der Waals surface area contributed by atoms with Gasteiger partial charge in [0.15, 0.2) is 0 Å². The highest BCUT2D eigenvalue weighted by atomic mass is 16.2. The van der Waals surface area contributed by atoms with E-state index in [9.17, 15) is 9.59 Å². The van der Waals surface area contributed by atoms with Crippen LogP contribution < -0.4 is 5.32 Å². The molecule has 0 spiro atoms. The average molecular weight is 337 g/mol. The van der Waals surface area contributed by atoms with Gasteiger partial charge in [-0.05, 0) is 36.6 Å². The molecular weight excluding hydrogens is 314 g/mol. The van der Waals surface area contributed by atoms with Gasteiger partial charge in [-0.2, -0.15) is 0 Å². The van der Waals surface area contributed by atoms with E-state index >= 15 is 0 Å². The largest absolute Gasteiger partial charge is 0.352 e. The van der Waals surface area contributed by atoms with Crippen LogP contribution in [-0.4, -0.2) is 28.2 Å². The van der Waals surface area contributed by atoms with Gasteiger partial charge in [0.2, 0.25) is 11.8 Å². The number of rotatable bonds is 5. The molecule has 0 saturated carbocycles. The summed E-state index contributed by atoms with van der Waals surface area (Å²) in [5.74, 6) is -0.118. The van der Waals surface area contributed by atoms with Crippen LogP contribution in [0.1, 0.15) is 36.9 Å². The lowest BCUT2D eigenvalue weighted by Gasteiger charge is -2.40. The highest BCUT2D eigenvalue weighted by Gasteiger charge is 2.39. The summed E-state index contributed by atoms with van der Waals surface area (Å²) in [7, 11) is 0. The number of carbonyl (C=O) groups excluding carboxylic acids is 2. The molecule has 5 heteroatoms. The van der Waals surface area contributed by atoms with Crippen LogP contribution in [0.3, 0.4) is 0 Å². The van der Waals surface area contributed by atoms with Gasteiger partial charge in [0, 0.05) is 31.9 Å². The topological polar surface area (TPSA) is 62.3 Å². The summed E-state index contributed by atoms with van der Waals surface area (Å²) < 4.78 is 0. The number of amides is 2. The van der Waals surface area contributed by atoms with Crippen molar-refractivity contribution < 1.29 is 9.59 Å². The molecule has 1 fully saturated rings. The fraction of sp³-hybridized carbons (Fsp3) is 0.350. The molecule has 3 rings (SSSR count). The summed E-state index contributed by atoms with van der Waals surface area (Å²) in [5.41, 5.74) is 2.03. The van der Waals surface area contributed by atoms with Crippen LogP contribution in [0.4, 0.5) is 0 Å². The molecule has 0 bridgehead atoms. The van der Waals surface area contributed by atoms with Crippen LogP contribution in [-0.2, 0) is 16.1 Å². The zero-order chi connectivity index (χ0) is 17.6.